The van der Waals surface area contributed by atoms with Gasteiger partial charge in [-0.1, -0.05) is 48.5 Å². The van der Waals surface area contributed by atoms with Gasteiger partial charge in [-0.3, -0.25) is 0 Å². The van der Waals surface area contributed by atoms with Gasteiger partial charge in [0.15, 0.2) is 0 Å². The summed E-state index contributed by atoms with van der Waals surface area (Å²) in [5.74, 6) is 0.418. The van der Waals surface area contributed by atoms with Crippen molar-refractivity contribution in [2.24, 2.45) is 0 Å². The predicted octanol–water partition coefficient (Wildman–Crippen LogP) is 3.40. The number of hydrogen-bond donors (Lipinski definition) is 1. The zero-order valence-corrected chi connectivity index (χ0v) is 11.9. The Balaban J connectivity index is 2.12. The van der Waals surface area contributed by atoms with Gasteiger partial charge in [0, 0.05) is 11.0 Å². The highest BCUT2D eigenvalue weighted by molar-refractivity contribution is 5.47. The van der Waals surface area contributed by atoms with E-state index in [0.29, 0.717) is 5.75 Å². The highest BCUT2D eigenvalue weighted by atomic mass is 16.3. The Morgan fingerprint density at radius 3 is 2.15 bits per heavy atom. The summed E-state index contributed by atoms with van der Waals surface area (Å²) in [6, 6.07) is 18.4. The Bertz CT molecular complexity index is 571. The van der Waals surface area contributed by atoms with Gasteiger partial charge < -0.3 is 10.0 Å². The molecule has 2 heteroatoms. The third-order valence-corrected chi connectivity index (χ3v) is 4.59. The van der Waals surface area contributed by atoms with Gasteiger partial charge >= 0.3 is 0 Å². The molecule has 1 N–H and O–H groups in total. The van der Waals surface area contributed by atoms with Crippen LogP contribution >= 0.6 is 0 Å². The first-order valence-corrected chi connectivity index (χ1v) is 7.25. The molecule has 3 rings (SSSR count). The molecule has 1 saturated heterocycles. The van der Waals surface area contributed by atoms with Crippen molar-refractivity contribution in [3.63, 3.8) is 0 Å². The molecule has 0 aliphatic carbocycles. The van der Waals surface area contributed by atoms with E-state index in [-0.39, 0.29) is 5.41 Å². The number of nitrogens with zero attached hydrogens (tertiary/aromatic N) is 1. The summed E-state index contributed by atoms with van der Waals surface area (Å²) in [6.45, 7) is 2.12. The zero-order chi connectivity index (χ0) is 14.0. The van der Waals surface area contributed by atoms with Crippen LogP contribution in [0.25, 0.3) is 0 Å². The lowest BCUT2D eigenvalue weighted by Gasteiger charge is -2.42. The molecule has 0 spiro atoms. The second-order valence-electron chi connectivity index (χ2n) is 5.77. The molecule has 0 unspecified atom stereocenters. The molecular formula is C18H21NO. The van der Waals surface area contributed by atoms with E-state index in [4.69, 9.17) is 0 Å². The molecule has 1 heterocycles. The minimum absolute atomic E-state index is 0.0564. The van der Waals surface area contributed by atoms with Gasteiger partial charge in [-0.15, -0.1) is 0 Å². The minimum Gasteiger partial charge on any atom is -0.508 e. The maximum absolute atomic E-state index is 10.3. The maximum Gasteiger partial charge on any atom is 0.119 e. The van der Waals surface area contributed by atoms with E-state index >= 15 is 0 Å². The van der Waals surface area contributed by atoms with Crippen molar-refractivity contribution in [1.82, 2.24) is 4.90 Å². The smallest absolute Gasteiger partial charge is 0.119 e. The van der Waals surface area contributed by atoms with Crippen LogP contribution < -0.4 is 0 Å². The first kappa shape index (κ1) is 13.2. The van der Waals surface area contributed by atoms with E-state index in [0.717, 1.165) is 31.5 Å². The van der Waals surface area contributed by atoms with Crippen LogP contribution in [0.15, 0.2) is 54.6 Å². The zero-order valence-electron chi connectivity index (χ0n) is 11.9. The molecule has 1 fully saturated rings. The lowest BCUT2D eigenvalue weighted by Crippen LogP contribution is -2.41. The number of aromatic hydroxyl groups is 1. The number of likely N-dealkylation sites (tertiary alicyclic amines) is 1. The van der Waals surface area contributed by atoms with E-state index < -0.39 is 0 Å². The summed E-state index contributed by atoms with van der Waals surface area (Å²) in [4.78, 5) is 2.36. The van der Waals surface area contributed by atoms with Gasteiger partial charge in [0.2, 0.25) is 0 Å². The first-order chi connectivity index (χ1) is 9.72. The van der Waals surface area contributed by atoms with Crippen molar-refractivity contribution in [3.8, 4) is 5.75 Å². The third kappa shape index (κ3) is 2.20. The number of piperidine rings is 1. The summed E-state index contributed by atoms with van der Waals surface area (Å²) in [5, 5.41) is 10.3. The van der Waals surface area contributed by atoms with Crippen molar-refractivity contribution in [1.29, 1.82) is 0 Å². The molecule has 1 aliphatic rings. The van der Waals surface area contributed by atoms with Crippen molar-refractivity contribution in [2.75, 3.05) is 20.1 Å². The van der Waals surface area contributed by atoms with Gasteiger partial charge in [-0.05, 0) is 44.6 Å². The average Bonchev–Trinajstić information content (AvgIpc) is 2.50. The van der Waals surface area contributed by atoms with E-state index in [2.05, 4.69) is 48.3 Å². The van der Waals surface area contributed by atoms with Gasteiger partial charge in [0.05, 0.1) is 0 Å². The molecule has 0 amide bonds. The van der Waals surface area contributed by atoms with Gasteiger partial charge in [0.1, 0.15) is 5.75 Å². The molecule has 1 aliphatic heterocycles. The quantitative estimate of drug-likeness (QED) is 0.901. The molecule has 0 aromatic heterocycles. The Labute approximate surface area is 120 Å². The van der Waals surface area contributed by atoms with Crippen molar-refractivity contribution in [2.45, 2.75) is 18.3 Å². The molecular weight excluding hydrogens is 246 g/mol. The monoisotopic (exact) mass is 267 g/mol. The molecule has 2 nitrogen and oxygen atoms in total. The highest BCUT2D eigenvalue weighted by Crippen LogP contribution is 2.44. The molecule has 0 bridgehead atoms. The molecule has 0 saturated carbocycles. The summed E-state index contributed by atoms with van der Waals surface area (Å²) < 4.78 is 0. The predicted molar refractivity (Wildman–Crippen MR) is 82.1 cm³/mol. The summed E-state index contributed by atoms with van der Waals surface area (Å²) in [6.07, 6.45) is 2.09. The Hall–Kier alpha value is -1.80. The van der Waals surface area contributed by atoms with Crippen molar-refractivity contribution >= 4 is 0 Å². The van der Waals surface area contributed by atoms with Gasteiger partial charge in [0.25, 0.3) is 0 Å². The lowest BCUT2D eigenvalue weighted by molar-refractivity contribution is 0.210. The van der Waals surface area contributed by atoms with Crippen LogP contribution in [0.1, 0.15) is 24.0 Å². The van der Waals surface area contributed by atoms with Crippen molar-refractivity contribution < 1.29 is 5.11 Å². The molecule has 104 valence electrons. The number of benzene rings is 2. The summed E-state index contributed by atoms with van der Waals surface area (Å²) in [5.41, 5.74) is 2.33. The van der Waals surface area contributed by atoms with Crippen LogP contribution in [-0.4, -0.2) is 30.1 Å². The second-order valence-corrected chi connectivity index (χ2v) is 5.77. The van der Waals surface area contributed by atoms with Crippen LogP contribution in [0.3, 0.4) is 0 Å². The Morgan fingerprint density at radius 2 is 1.50 bits per heavy atom. The highest BCUT2D eigenvalue weighted by Gasteiger charge is 2.38. The first-order valence-electron chi connectivity index (χ1n) is 7.25. The topological polar surface area (TPSA) is 23.5 Å². The maximum atomic E-state index is 10.3. The fraction of sp³-hybridized carbons (Fsp3) is 0.333. The number of phenolic OH excluding ortho intramolecular Hbond substituents is 1. The molecule has 2 aromatic carbocycles. The number of hydrogen-bond acceptors (Lipinski definition) is 2. The minimum atomic E-state index is -0.0564. The second kappa shape index (κ2) is 5.29. The number of rotatable bonds is 2. The average molecular weight is 267 g/mol. The summed E-state index contributed by atoms with van der Waals surface area (Å²) in [7, 11) is 2.17. The van der Waals surface area contributed by atoms with E-state index in [9.17, 15) is 5.11 Å². The van der Waals surface area contributed by atoms with Crippen LogP contribution in [0, 0.1) is 0 Å². The van der Waals surface area contributed by atoms with Gasteiger partial charge in [-0.2, -0.15) is 0 Å². The van der Waals surface area contributed by atoms with Gasteiger partial charge in [-0.25, -0.2) is 0 Å². The van der Waals surface area contributed by atoms with E-state index in [1.165, 1.54) is 5.56 Å². The van der Waals surface area contributed by atoms with Crippen LogP contribution in [-0.2, 0) is 5.41 Å². The van der Waals surface area contributed by atoms with E-state index in [1.54, 1.807) is 6.07 Å². The fourth-order valence-electron chi connectivity index (χ4n) is 3.35. The molecule has 2 aromatic rings. The molecule has 0 radical (unpaired) electrons. The Morgan fingerprint density at radius 1 is 0.900 bits per heavy atom. The third-order valence-electron chi connectivity index (χ3n) is 4.59. The van der Waals surface area contributed by atoms with Crippen LogP contribution in [0.4, 0.5) is 0 Å². The normalized spacial score (nSPS) is 18.9. The molecule has 0 atom stereocenters. The summed E-state index contributed by atoms with van der Waals surface area (Å²) >= 11 is 0. The SMILES string of the molecule is CN1CCC(c2ccccc2)(c2ccccc2O)CC1. The molecule has 20 heavy (non-hydrogen) atoms. The van der Waals surface area contributed by atoms with E-state index in [1.807, 2.05) is 12.1 Å². The lowest BCUT2D eigenvalue weighted by atomic mass is 9.68. The number of phenols is 1. The van der Waals surface area contributed by atoms with Crippen molar-refractivity contribution in [3.05, 3.63) is 65.7 Å². The fourth-order valence-corrected chi connectivity index (χ4v) is 3.35. The van der Waals surface area contributed by atoms with Crippen LogP contribution in [0.5, 0.6) is 5.75 Å². The standard InChI is InChI=1S/C18H21NO/c1-19-13-11-18(12-14-19,15-7-3-2-4-8-15)16-9-5-6-10-17(16)20/h2-10,20H,11-14H2,1H3. The van der Waals surface area contributed by atoms with Crippen LogP contribution in [0.2, 0.25) is 0 Å². The largest absolute Gasteiger partial charge is 0.508 e. The Kier molecular flexibility index (Phi) is 3.49. The number of para-hydroxylation sites is 1.